The topological polar surface area (TPSA) is 15.3 Å². The molecular weight excluding hydrogens is 239 g/mol. The number of anilines is 1. The molecule has 0 spiro atoms. The summed E-state index contributed by atoms with van der Waals surface area (Å²) < 4.78 is 13.9. The van der Waals surface area contributed by atoms with E-state index in [-0.39, 0.29) is 17.4 Å². The maximum Gasteiger partial charge on any atom is 0.126 e. The van der Waals surface area contributed by atoms with Gasteiger partial charge in [0.15, 0.2) is 0 Å². The molecular formula is C16H27FN2. The highest BCUT2D eigenvalue weighted by atomic mass is 19.1. The maximum atomic E-state index is 13.9. The lowest BCUT2D eigenvalue weighted by atomic mass is 9.95. The average Bonchev–Trinajstić information content (AvgIpc) is 2.39. The molecule has 1 aromatic rings. The minimum atomic E-state index is -0.136. The van der Waals surface area contributed by atoms with Crippen LogP contribution in [-0.4, -0.2) is 19.6 Å². The van der Waals surface area contributed by atoms with Gasteiger partial charge >= 0.3 is 0 Å². The Hall–Kier alpha value is -1.09. The van der Waals surface area contributed by atoms with E-state index in [2.05, 4.69) is 45.0 Å². The lowest BCUT2D eigenvalue weighted by Gasteiger charge is -2.39. The Morgan fingerprint density at radius 1 is 1.37 bits per heavy atom. The van der Waals surface area contributed by atoms with Gasteiger partial charge in [-0.25, -0.2) is 4.39 Å². The molecule has 0 saturated heterocycles. The van der Waals surface area contributed by atoms with Crippen molar-refractivity contribution in [1.82, 2.24) is 5.32 Å². The average molecular weight is 266 g/mol. The van der Waals surface area contributed by atoms with E-state index in [1.54, 1.807) is 6.07 Å². The molecule has 0 radical (unpaired) electrons. The third kappa shape index (κ3) is 3.27. The smallest absolute Gasteiger partial charge is 0.126 e. The van der Waals surface area contributed by atoms with Gasteiger partial charge in [-0.2, -0.15) is 0 Å². The maximum absolute atomic E-state index is 13.9. The number of aryl methyl sites for hydroxylation is 1. The standard InChI is InChI=1S/C16H27FN2/c1-8-16(4,5)19(7)15-9-11(2)14(17)10-13(15)12(3)18-6/h9-10,12,18H,8H2,1-7H3. The number of hydrogen-bond donors (Lipinski definition) is 1. The Kier molecular flexibility index (Phi) is 4.97. The van der Waals surface area contributed by atoms with E-state index in [1.807, 2.05) is 20.0 Å². The van der Waals surface area contributed by atoms with Crippen LogP contribution in [0.5, 0.6) is 0 Å². The second kappa shape index (κ2) is 5.91. The van der Waals surface area contributed by atoms with Gasteiger partial charge in [-0.1, -0.05) is 6.92 Å². The molecule has 0 bridgehead atoms. The summed E-state index contributed by atoms with van der Waals surface area (Å²) in [6.45, 7) is 10.5. The fourth-order valence-electron chi connectivity index (χ4n) is 2.04. The number of nitrogens with zero attached hydrogens (tertiary/aromatic N) is 1. The van der Waals surface area contributed by atoms with Crippen LogP contribution in [0, 0.1) is 12.7 Å². The number of nitrogens with one attached hydrogen (secondary N) is 1. The number of halogens is 1. The van der Waals surface area contributed by atoms with Crippen molar-refractivity contribution in [3.8, 4) is 0 Å². The van der Waals surface area contributed by atoms with Gasteiger partial charge < -0.3 is 10.2 Å². The first-order chi connectivity index (χ1) is 8.74. The van der Waals surface area contributed by atoms with E-state index in [0.717, 1.165) is 17.7 Å². The zero-order valence-electron chi connectivity index (χ0n) is 13.3. The first kappa shape index (κ1) is 16.0. The van der Waals surface area contributed by atoms with Crippen molar-refractivity contribution in [2.24, 2.45) is 0 Å². The van der Waals surface area contributed by atoms with Crippen molar-refractivity contribution in [1.29, 1.82) is 0 Å². The molecule has 1 unspecified atom stereocenters. The minimum absolute atomic E-state index is 0.0481. The minimum Gasteiger partial charge on any atom is -0.369 e. The molecule has 0 aliphatic carbocycles. The van der Waals surface area contributed by atoms with Crippen LogP contribution in [0.4, 0.5) is 10.1 Å². The van der Waals surface area contributed by atoms with Crippen LogP contribution in [0.25, 0.3) is 0 Å². The fraction of sp³-hybridized carbons (Fsp3) is 0.625. The van der Waals surface area contributed by atoms with Crippen LogP contribution < -0.4 is 10.2 Å². The molecule has 0 aromatic heterocycles. The quantitative estimate of drug-likeness (QED) is 0.865. The molecule has 1 aromatic carbocycles. The molecule has 108 valence electrons. The molecule has 1 atom stereocenters. The Morgan fingerprint density at radius 2 is 1.95 bits per heavy atom. The van der Waals surface area contributed by atoms with Crippen molar-refractivity contribution in [2.75, 3.05) is 19.0 Å². The first-order valence-electron chi connectivity index (χ1n) is 6.95. The molecule has 19 heavy (non-hydrogen) atoms. The monoisotopic (exact) mass is 266 g/mol. The number of benzene rings is 1. The Balaban J connectivity index is 3.36. The predicted octanol–water partition coefficient (Wildman–Crippen LogP) is 4.04. The predicted molar refractivity (Wildman–Crippen MR) is 81.4 cm³/mol. The van der Waals surface area contributed by atoms with Crippen molar-refractivity contribution in [3.63, 3.8) is 0 Å². The van der Waals surface area contributed by atoms with Crippen LogP contribution in [0.15, 0.2) is 12.1 Å². The van der Waals surface area contributed by atoms with E-state index in [0.29, 0.717) is 5.56 Å². The molecule has 0 fully saturated rings. The van der Waals surface area contributed by atoms with Crippen LogP contribution in [0.2, 0.25) is 0 Å². The molecule has 0 heterocycles. The lowest BCUT2D eigenvalue weighted by molar-refractivity contribution is 0.467. The van der Waals surface area contributed by atoms with Crippen LogP contribution >= 0.6 is 0 Å². The summed E-state index contributed by atoms with van der Waals surface area (Å²) in [5, 5.41) is 3.20. The summed E-state index contributed by atoms with van der Waals surface area (Å²) in [6, 6.07) is 3.74. The van der Waals surface area contributed by atoms with E-state index < -0.39 is 0 Å². The van der Waals surface area contributed by atoms with Gasteiger partial charge in [0.1, 0.15) is 5.82 Å². The van der Waals surface area contributed by atoms with Gasteiger partial charge in [-0.05, 0) is 64.4 Å². The molecule has 0 aliphatic rings. The van der Waals surface area contributed by atoms with E-state index >= 15 is 0 Å². The zero-order chi connectivity index (χ0) is 14.8. The lowest BCUT2D eigenvalue weighted by Crippen LogP contribution is -2.41. The molecule has 3 heteroatoms. The second-order valence-electron chi connectivity index (χ2n) is 5.90. The summed E-state index contributed by atoms with van der Waals surface area (Å²) in [5.74, 6) is -0.136. The summed E-state index contributed by atoms with van der Waals surface area (Å²) in [7, 11) is 3.99. The molecule has 2 nitrogen and oxygen atoms in total. The van der Waals surface area contributed by atoms with Gasteiger partial charge in [0.25, 0.3) is 0 Å². The largest absolute Gasteiger partial charge is 0.369 e. The van der Waals surface area contributed by atoms with Crippen LogP contribution in [0.3, 0.4) is 0 Å². The fourth-order valence-corrected chi connectivity index (χ4v) is 2.04. The molecule has 0 aliphatic heterocycles. The highest BCUT2D eigenvalue weighted by Crippen LogP contribution is 2.33. The van der Waals surface area contributed by atoms with Crippen molar-refractivity contribution < 1.29 is 4.39 Å². The zero-order valence-corrected chi connectivity index (χ0v) is 13.3. The van der Waals surface area contributed by atoms with E-state index in [1.165, 1.54) is 0 Å². The van der Waals surface area contributed by atoms with Gasteiger partial charge in [0.2, 0.25) is 0 Å². The van der Waals surface area contributed by atoms with Crippen molar-refractivity contribution in [2.45, 2.75) is 52.6 Å². The van der Waals surface area contributed by atoms with Crippen LogP contribution in [-0.2, 0) is 0 Å². The second-order valence-corrected chi connectivity index (χ2v) is 5.90. The van der Waals surface area contributed by atoms with Crippen LogP contribution in [0.1, 0.15) is 51.3 Å². The number of hydrogen-bond acceptors (Lipinski definition) is 2. The summed E-state index contributed by atoms with van der Waals surface area (Å²) >= 11 is 0. The first-order valence-corrected chi connectivity index (χ1v) is 6.95. The Morgan fingerprint density at radius 3 is 2.42 bits per heavy atom. The Labute approximate surface area is 117 Å². The van der Waals surface area contributed by atoms with Gasteiger partial charge in [0, 0.05) is 24.3 Å². The third-order valence-corrected chi connectivity index (χ3v) is 4.34. The highest BCUT2D eigenvalue weighted by molar-refractivity contribution is 5.58. The van der Waals surface area contributed by atoms with E-state index in [9.17, 15) is 4.39 Å². The Bertz CT molecular complexity index is 441. The van der Waals surface area contributed by atoms with Crippen molar-refractivity contribution >= 4 is 5.69 Å². The highest BCUT2D eigenvalue weighted by Gasteiger charge is 2.25. The molecule has 0 saturated carbocycles. The van der Waals surface area contributed by atoms with Gasteiger partial charge in [0.05, 0.1) is 0 Å². The van der Waals surface area contributed by atoms with Gasteiger partial charge in [-0.15, -0.1) is 0 Å². The molecule has 1 N–H and O–H groups in total. The molecule has 1 rings (SSSR count). The van der Waals surface area contributed by atoms with E-state index in [4.69, 9.17) is 0 Å². The number of rotatable bonds is 5. The normalized spacial score (nSPS) is 13.5. The summed E-state index contributed by atoms with van der Waals surface area (Å²) in [5.41, 5.74) is 2.86. The SMILES string of the molecule is CCC(C)(C)N(C)c1cc(C)c(F)cc1C(C)NC. The van der Waals surface area contributed by atoms with Crippen molar-refractivity contribution in [3.05, 3.63) is 29.1 Å². The van der Waals surface area contributed by atoms with Gasteiger partial charge in [-0.3, -0.25) is 0 Å². The molecule has 0 amide bonds. The summed E-state index contributed by atoms with van der Waals surface area (Å²) in [6.07, 6.45) is 1.04. The summed E-state index contributed by atoms with van der Waals surface area (Å²) in [4.78, 5) is 2.25. The third-order valence-electron chi connectivity index (χ3n) is 4.34.